The summed E-state index contributed by atoms with van der Waals surface area (Å²) in [5.41, 5.74) is -0.0289. The summed E-state index contributed by atoms with van der Waals surface area (Å²) in [6.07, 6.45) is 1.73. The summed E-state index contributed by atoms with van der Waals surface area (Å²) in [5, 5.41) is 13.8. The van der Waals surface area contributed by atoms with Gasteiger partial charge in [0.15, 0.2) is 0 Å². The number of nitrogens with one attached hydrogen (secondary N) is 1. The van der Waals surface area contributed by atoms with Crippen LogP contribution in [-0.2, 0) is 16.1 Å². The van der Waals surface area contributed by atoms with Gasteiger partial charge in [-0.2, -0.15) is 0 Å². The van der Waals surface area contributed by atoms with Crippen LogP contribution in [0.1, 0.15) is 29.7 Å². The summed E-state index contributed by atoms with van der Waals surface area (Å²) in [5.74, 6) is -1.34. The van der Waals surface area contributed by atoms with Gasteiger partial charge in [0.1, 0.15) is 5.41 Å². The lowest BCUT2D eigenvalue weighted by atomic mass is 9.68. The molecular formula is C12H15NO3S. The molecule has 1 aromatic heterocycles. The van der Waals surface area contributed by atoms with Gasteiger partial charge in [0.25, 0.3) is 0 Å². The number of carbonyl (C=O) groups is 2. The summed E-state index contributed by atoms with van der Waals surface area (Å²) in [4.78, 5) is 24.1. The number of carboxylic acid groups (broad SMARTS) is 1. The molecule has 1 fully saturated rings. The van der Waals surface area contributed by atoms with Gasteiger partial charge >= 0.3 is 5.97 Å². The lowest BCUT2D eigenvalue weighted by molar-refractivity contribution is -0.162. The van der Waals surface area contributed by atoms with Gasteiger partial charge < -0.3 is 10.4 Å². The molecule has 1 aromatic rings. The lowest BCUT2D eigenvalue weighted by Crippen LogP contribution is -2.50. The largest absolute Gasteiger partial charge is 0.480 e. The number of carbonyl (C=O) groups excluding carboxylic acids is 1. The van der Waals surface area contributed by atoms with Gasteiger partial charge in [-0.15, -0.1) is 11.3 Å². The quantitative estimate of drug-likeness (QED) is 0.806. The third kappa shape index (κ3) is 2.07. The number of hydrogen-bond donors (Lipinski definition) is 2. The van der Waals surface area contributed by atoms with Crippen molar-refractivity contribution in [2.24, 2.45) is 5.41 Å². The van der Waals surface area contributed by atoms with Crippen molar-refractivity contribution in [2.45, 2.75) is 32.7 Å². The number of aryl methyl sites for hydroxylation is 1. The van der Waals surface area contributed by atoms with Gasteiger partial charge in [-0.05, 0) is 36.8 Å². The van der Waals surface area contributed by atoms with Crippen LogP contribution in [0.3, 0.4) is 0 Å². The molecule has 1 heterocycles. The van der Waals surface area contributed by atoms with Crippen molar-refractivity contribution in [2.75, 3.05) is 0 Å². The molecule has 5 heteroatoms. The van der Waals surface area contributed by atoms with Crippen molar-refractivity contribution in [1.82, 2.24) is 5.32 Å². The molecular weight excluding hydrogens is 238 g/mol. The van der Waals surface area contributed by atoms with E-state index >= 15 is 0 Å². The Morgan fingerprint density at radius 1 is 1.53 bits per heavy atom. The summed E-state index contributed by atoms with van der Waals surface area (Å²) < 4.78 is 0. The van der Waals surface area contributed by atoms with E-state index < -0.39 is 11.4 Å². The third-order valence-corrected chi connectivity index (χ3v) is 4.45. The van der Waals surface area contributed by atoms with E-state index in [0.29, 0.717) is 19.4 Å². The fraction of sp³-hybridized carbons (Fsp3) is 0.500. The molecule has 0 atom stereocenters. The highest BCUT2D eigenvalue weighted by atomic mass is 32.1. The predicted molar refractivity (Wildman–Crippen MR) is 64.8 cm³/mol. The minimum absolute atomic E-state index is 0.343. The Balaban J connectivity index is 1.98. The van der Waals surface area contributed by atoms with Crippen molar-refractivity contribution >= 4 is 23.2 Å². The maximum absolute atomic E-state index is 11.9. The van der Waals surface area contributed by atoms with Crippen molar-refractivity contribution < 1.29 is 14.7 Å². The Kier molecular flexibility index (Phi) is 3.19. The molecule has 1 aliphatic rings. The Bertz CT molecular complexity index is 448. The molecule has 17 heavy (non-hydrogen) atoms. The van der Waals surface area contributed by atoms with Crippen LogP contribution in [0.15, 0.2) is 11.4 Å². The first kappa shape index (κ1) is 12.1. The number of aliphatic carboxylic acids is 1. The average molecular weight is 253 g/mol. The number of rotatable bonds is 4. The zero-order valence-corrected chi connectivity index (χ0v) is 10.5. The van der Waals surface area contributed by atoms with E-state index in [1.54, 1.807) is 11.3 Å². The fourth-order valence-corrected chi connectivity index (χ4v) is 2.83. The first-order chi connectivity index (χ1) is 8.06. The van der Waals surface area contributed by atoms with Crippen LogP contribution >= 0.6 is 11.3 Å². The van der Waals surface area contributed by atoms with Crippen molar-refractivity contribution in [1.29, 1.82) is 0 Å². The molecule has 0 aliphatic heterocycles. The second kappa shape index (κ2) is 4.49. The first-order valence-corrected chi connectivity index (χ1v) is 6.49. The Labute approximate surface area is 104 Å². The number of thiophene rings is 1. The van der Waals surface area contributed by atoms with Gasteiger partial charge in [-0.25, -0.2) is 0 Å². The molecule has 0 aromatic carbocycles. The van der Waals surface area contributed by atoms with Gasteiger partial charge in [-0.3, -0.25) is 9.59 Å². The molecule has 0 unspecified atom stereocenters. The predicted octanol–water partition coefficient (Wildman–Crippen LogP) is 1.93. The normalized spacial score (nSPS) is 17.2. The van der Waals surface area contributed by atoms with Gasteiger partial charge in [0.2, 0.25) is 5.91 Å². The molecule has 1 amide bonds. The number of carboxylic acids is 1. The highest BCUT2D eigenvalue weighted by Crippen LogP contribution is 2.41. The van der Waals surface area contributed by atoms with Crippen LogP contribution < -0.4 is 5.32 Å². The second-order valence-corrected chi connectivity index (χ2v) is 5.45. The molecule has 92 valence electrons. The first-order valence-electron chi connectivity index (χ1n) is 5.61. The topological polar surface area (TPSA) is 66.4 Å². The van der Waals surface area contributed by atoms with E-state index in [0.717, 1.165) is 16.9 Å². The van der Waals surface area contributed by atoms with Crippen molar-refractivity contribution in [3.63, 3.8) is 0 Å². The Morgan fingerprint density at radius 3 is 2.65 bits per heavy atom. The number of hydrogen-bond acceptors (Lipinski definition) is 3. The van der Waals surface area contributed by atoms with Crippen LogP contribution in [0.5, 0.6) is 0 Å². The van der Waals surface area contributed by atoms with Gasteiger partial charge in [0.05, 0.1) is 6.54 Å². The smallest absolute Gasteiger partial charge is 0.319 e. The minimum Gasteiger partial charge on any atom is -0.480 e. The molecule has 0 bridgehead atoms. The number of amides is 1. The van der Waals surface area contributed by atoms with Gasteiger partial charge in [-0.1, -0.05) is 6.42 Å². The molecule has 2 rings (SSSR count). The average Bonchev–Trinajstić information content (AvgIpc) is 2.58. The Morgan fingerprint density at radius 2 is 2.24 bits per heavy atom. The monoisotopic (exact) mass is 253 g/mol. The minimum atomic E-state index is -1.16. The fourth-order valence-electron chi connectivity index (χ4n) is 1.98. The lowest BCUT2D eigenvalue weighted by Gasteiger charge is -2.35. The van der Waals surface area contributed by atoms with Crippen LogP contribution in [0.4, 0.5) is 0 Å². The zero-order chi connectivity index (χ0) is 12.5. The highest BCUT2D eigenvalue weighted by molar-refractivity contribution is 7.10. The molecule has 2 N–H and O–H groups in total. The van der Waals surface area contributed by atoms with E-state index in [9.17, 15) is 9.59 Å². The molecule has 1 saturated carbocycles. The SMILES string of the molecule is Cc1ccsc1CNC(=O)C1(C(=O)O)CCC1. The van der Waals surface area contributed by atoms with Crippen LogP contribution in [-0.4, -0.2) is 17.0 Å². The van der Waals surface area contributed by atoms with Crippen LogP contribution in [0.2, 0.25) is 0 Å². The molecule has 0 saturated heterocycles. The maximum Gasteiger partial charge on any atom is 0.319 e. The molecule has 0 radical (unpaired) electrons. The van der Waals surface area contributed by atoms with E-state index in [4.69, 9.17) is 5.11 Å². The van der Waals surface area contributed by atoms with Crippen LogP contribution in [0.25, 0.3) is 0 Å². The highest BCUT2D eigenvalue weighted by Gasteiger charge is 2.51. The standard InChI is InChI=1S/C12H15NO3S/c1-8-3-6-17-9(8)7-13-10(14)12(11(15)16)4-2-5-12/h3,6H,2,4-5,7H2,1H3,(H,13,14)(H,15,16). The Hall–Kier alpha value is -1.36. The molecule has 1 aliphatic carbocycles. The third-order valence-electron chi connectivity index (χ3n) is 3.43. The summed E-state index contributed by atoms with van der Waals surface area (Å²) in [6.45, 7) is 2.41. The summed E-state index contributed by atoms with van der Waals surface area (Å²) in [7, 11) is 0. The van der Waals surface area contributed by atoms with Crippen molar-refractivity contribution in [3.05, 3.63) is 21.9 Å². The van der Waals surface area contributed by atoms with E-state index in [1.165, 1.54) is 0 Å². The van der Waals surface area contributed by atoms with Crippen molar-refractivity contribution in [3.8, 4) is 0 Å². The zero-order valence-electron chi connectivity index (χ0n) is 9.66. The maximum atomic E-state index is 11.9. The van der Waals surface area contributed by atoms with E-state index in [2.05, 4.69) is 5.32 Å². The summed E-state index contributed by atoms with van der Waals surface area (Å²) >= 11 is 1.57. The van der Waals surface area contributed by atoms with E-state index in [-0.39, 0.29) is 5.91 Å². The van der Waals surface area contributed by atoms with Gasteiger partial charge in [0, 0.05) is 4.88 Å². The molecule has 0 spiro atoms. The van der Waals surface area contributed by atoms with Crippen LogP contribution in [0, 0.1) is 12.3 Å². The second-order valence-electron chi connectivity index (χ2n) is 4.45. The summed E-state index contributed by atoms with van der Waals surface area (Å²) in [6, 6.07) is 1.99. The van der Waals surface area contributed by atoms with E-state index in [1.807, 2.05) is 18.4 Å². The molecule has 4 nitrogen and oxygen atoms in total.